The minimum atomic E-state index is -0.682. The van der Waals surface area contributed by atoms with Crippen LogP contribution in [0.3, 0.4) is 0 Å². The Kier molecular flexibility index (Phi) is 5.93. The zero-order valence-electron chi connectivity index (χ0n) is 17.7. The molecule has 0 N–H and O–H groups in total. The summed E-state index contributed by atoms with van der Waals surface area (Å²) >= 11 is 2.90. The molecule has 1 aliphatic heterocycles. The van der Waals surface area contributed by atoms with Gasteiger partial charge in [-0.2, -0.15) is 0 Å². The Morgan fingerprint density at radius 1 is 1.26 bits per heavy atom. The number of thiophene rings is 1. The molecule has 8 heteroatoms. The molecule has 3 aromatic rings. The Bertz CT molecular complexity index is 1360. The van der Waals surface area contributed by atoms with Gasteiger partial charge in [-0.15, -0.1) is 11.3 Å². The van der Waals surface area contributed by atoms with Crippen molar-refractivity contribution in [3.8, 4) is 5.75 Å². The second kappa shape index (κ2) is 8.64. The van der Waals surface area contributed by atoms with E-state index in [0.29, 0.717) is 31.9 Å². The predicted molar refractivity (Wildman–Crippen MR) is 122 cm³/mol. The van der Waals surface area contributed by atoms with Crippen LogP contribution >= 0.6 is 22.7 Å². The molecular formula is C23H22N2O4S2. The molecule has 0 amide bonds. The van der Waals surface area contributed by atoms with E-state index in [1.807, 2.05) is 48.7 Å². The Hall–Kier alpha value is -2.97. The number of thiazole rings is 1. The molecule has 0 unspecified atom stereocenters. The van der Waals surface area contributed by atoms with Gasteiger partial charge in [-0.1, -0.05) is 29.5 Å². The normalized spacial score (nSPS) is 16.1. The number of allylic oxidation sites excluding steroid dienone is 1. The zero-order chi connectivity index (χ0) is 22.1. The molecule has 1 aromatic carbocycles. The monoisotopic (exact) mass is 454 g/mol. The number of hydrogen-bond acceptors (Lipinski definition) is 7. The van der Waals surface area contributed by atoms with E-state index in [0.717, 1.165) is 10.4 Å². The van der Waals surface area contributed by atoms with E-state index in [-0.39, 0.29) is 12.2 Å². The molecule has 0 aliphatic carbocycles. The molecule has 0 saturated heterocycles. The number of fused-ring (bicyclic) bond motifs is 1. The number of benzene rings is 1. The molecule has 3 heterocycles. The fourth-order valence-corrected chi connectivity index (χ4v) is 5.59. The van der Waals surface area contributed by atoms with Gasteiger partial charge in [0.1, 0.15) is 11.8 Å². The van der Waals surface area contributed by atoms with Crippen LogP contribution in [0.25, 0.3) is 6.08 Å². The van der Waals surface area contributed by atoms with Crippen LogP contribution in [-0.4, -0.2) is 24.3 Å². The van der Waals surface area contributed by atoms with E-state index < -0.39 is 12.0 Å². The van der Waals surface area contributed by atoms with E-state index in [9.17, 15) is 9.59 Å². The first-order valence-corrected chi connectivity index (χ1v) is 11.5. The average Bonchev–Trinajstić information content (AvgIpc) is 3.30. The molecule has 0 fully saturated rings. The Labute approximate surface area is 187 Å². The van der Waals surface area contributed by atoms with Crippen molar-refractivity contribution in [3.63, 3.8) is 0 Å². The van der Waals surface area contributed by atoms with Gasteiger partial charge in [-0.05, 0) is 49.9 Å². The van der Waals surface area contributed by atoms with Crippen molar-refractivity contribution >= 4 is 34.7 Å². The fourth-order valence-electron chi connectivity index (χ4n) is 3.63. The van der Waals surface area contributed by atoms with Crippen molar-refractivity contribution in [2.45, 2.75) is 26.8 Å². The third-order valence-corrected chi connectivity index (χ3v) is 7.06. The second-order valence-electron chi connectivity index (χ2n) is 7.01. The van der Waals surface area contributed by atoms with Crippen molar-refractivity contribution in [2.75, 3.05) is 13.7 Å². The van der Waals surface area contributed by atoms with Gasteiger partial charge in [0.15, 0.2) is 4.80 Å². The lowest BCUT2D eigenvalue weighted by atomic mass is 9.95. The number of methoxy groups -OCH3 is 1. The van der Waals surface area contributed by atoms with Gasteiger partial charge in [0.05, 0.1) is 29.5 Å². The summed E-state index contributed by atoms with van der Waals surface area (Å²) in [5.41, 5.74) is 2.51. The minimum absolute atomic E-state index is 0.193. The summed E-state index contributed by atoms with van der Waals surface area (Å²) in [4.78, 5) is 32.6. The van der Waals surface area contributed by atoms with Crippen molar-refractivity contribution in [1.29, 1.82) is 0 Å². The smallest absolute Gasteiger partial charge is 0.338 e. The number of para-hydroxylation sites is 1. The first-order chi connectivity index (χ1) is 15.0. The van der Waals surface area contributed by atoms with Gasteiger partial charge in [0.2, 0.25) is 0 Å². The molecule has 31 heavy (non-hydrogen) atoms. The zero-order valence-corrected chi connectivity index (χ0v) is 19.3. The maximum Gasteiger partial charge on any atom is 0.338 e. The van der Waals surface area contributed by atoms with E-state index in [2.05, 4.69) is 4.99 Å². The highest BCUT2D eigenvalue weighted by molar-refractivity contribution is 7.11. The standard InChI is InChI=1S/C23H22N2O4S2/c1-5-29-22(27)19-14(3)24-23-25(20(19)15-8-6-7-9-16(15)28-4)21(26)18(31-23)12-17-13(2)10-11-30-17/h6-12,20H,5H2,1-4H3/b18-12+/t20-/m1/s1. The number of esters is 1. The van der Waals surface area contributed by atoms with E-state index >= 15 is 0 Å². The lowest BCUT2D eigenvalue weighted by molar-refractivity contribution is -0.139. The van der Waals surface area contributed by atoms with Crippen LogP contribution in [0.5, 0.6) is 5.75 Å². The molecule has 1 atom stereocenters. The van der Waals surface area contributed by atoms with Gasteiger partial charge in [-0.3, -0.25) is 9.36 Å². The van der Waals surface area contributed by atoms with Gasteiger partial charge >= 0.3 is 5.97 Å². The second-order valence-corrected chi connectivity index (χ2v) is 8.97. The topological polar surface area (TPSA) is 69.9 Å². The maximum absolute atomic E-state index is 13.5. The van der Waals surface area contributed by atoms with Gasteiger partial charge in [0, 0.05) is 10.4 Å². The first-order valence-electron chi connectivity index (χ1n) is 9.83. The van der Waals surface area contributed by atoms with Crippen LogP contribution in [-0.2, 0) is 9.53 Å². The summed E-state index contributed by atoms with van der Waals surface area (Å²) in [5.74, 6) is 0.107. The Morgan fingerprint density at radius 3 is 2.71 bits per heavy atom. The largest absolute Gasteiger partial charge is 0.496 e. The number of ether oxygens (including phenoxy) is 2. The predicted octanol–water partition coefficient (Wildman–Crippen LogP) is 3.18. The molecule has 160 valence electrons. The van der Waals surface area contributed by atoms with Crippen LogP contribution in [0.1, 0.15) is 35.9 Å². The number of carbonyl (C=O) groups excluding carboxylic acids is 1. The summed E-state index contributed by atoms with van der Waals surface area (Å²) in [5, 5.41) is 2.00. The number of carbonyl (C=O) groups is 1. The molecule has 1 aliphatic rings. The van der Waals surface area contributed by atoms with Crippen molar-refractivity contribution in [1.82, 2.24) is 4.57 Å². The van der Waals surface area contributed by atoms with Gasteiger partial charge in [-0.25, -0.2) is 9.79 Å². The molecule has 2 aromatic heterocycles. The molecule has 0 saturated carbocycles. The summed E-state index contributed by atoms with van der Waals surface area (Å²) in [6, 6.07) is 8.74. The van der Waals surface area contributed by atoms with Crippen molar-refractivity contribution in [3.05, 3.63) is 82.7 Å². The summed E-state index contributed by atoms with van der Waals surface area (Å²) < 4.78 is 13.0. The number of hydrogen-bond donors (Lipinski definition) is 0. The third kappa shape index (κ3) is 3.77. The van der Waals surface area contributed by atoms with Crippen LogP contribution in [0.4, 0.5) is 0 Å². The van der Waals surface area contributed by atoms with E-state index in [1.165, 1.54) is 11.3 Å². The number of rotatable bonds is 5. The quantitative estimate of drug-likeness (QED) is 0.556. The summed E-state index contributed by atoms with van der Waals surface area (Å²) in [6.07, 6.45) is 1.90. The molecule has 0 radical (unpaired) electrons. The van der Waals surface area contributed by atoms with Crippen LogP contribution in [0.2, 0.25) is 0 Å². The number of nitrogens with zero attached hydrogens (tertiary/aromatic N) is 2. The highest BCUT2D eigenvalue weighted by Crippen LogP contribution is 2.35. The average molecular weight is 455 g/mol. The van der Waals surface area contributed by atoms with E-state index in [1.54, 1.807) is 36.9 Å². The van der Waals surface area contributed by atoms with Crippen LogP contribution < -0.4 is 19.6 Å². The van der Waals surface area contributed by atoms with Crippen molar-refractivity contribution < 1.29 is 14.3 Å². The maximum atomic E-state index is 13.5. The van der Waals surface area contributed by atoms with E-state index in [4.69, 9.17) is 9.47 Å². The fraction of sp³-hybridized carbons (Fsp3) is 0.261. The molecule has 4 rings (SSSR count). The Morgan fingerprint density at radius 2 is 2.03 bits per heavy atom. The molecule has 0 bridgehead atoms. The molecular weight excluding hydrogens is 432 g/mol. The summed E-state index contributed by atoms with van der Waals surface area (Å²) in [7, 11) is 1.57. The van der Waals surface area contributed by atoms with Crippen LogP contribution in [0, 0.1) is 6.92 Å². The number of aromatic nitrogens is 1. The Balaban J connectivity index is 2.01. The van der Waals surface area contributed by atoms with Gasteiger partial charge in [0.25, 0.3) is 5.56 Å². The first kappa shape index (κ1) is 21.3. The minimum Gasteiger partial charge on any atom is -0.496 e. The molecule has 6 nitrogen and oxygen atoms in total. The van der Waals surface area contributed by atoms with Gasteiger partial charge < -0.3 is 9.47 Å². The molecule has 0 spiro atoms. The summed E-state index contributed by atoms with van der Waals surface area (Å²) in [6.45, 7) is 5.77. The third-order valence-electron chi connectivity index (χ3n) is 5.11. The van der Waals surface area contributed by atoms with Crippen LogP contribution in [0.15, 0.2) is 56.8 Å². The van der Waals surface area contributed by atoms with Crippen molar-refractivity contribution in [2.24, 2.45) is 4.99 Å². The lowest BCUT2D eigenvalue weighted by Crippen LogP contribution is -2.40. The number of aryl methyl sites for hydroxylation is 1. The SMILES string of the molecule is CCOC(=O)C1=C(C)N=c2s/c(=C/c3sccc3C)c(=O)n2[C@@H]1c1ccccc1OC. The lowest BCUT2D eigenvalue weighted by Gasteiger charge is -2.25. The highest BCUT2D eigenvalue weighted by Gasteiger charge is 2.34. The highest BCUT2D eigenvalue weighted by atomic mass is 32.1.